The topological polar surface area (TPSA) is 68.5 Å². The van der Waals surface area contributed by atoms with E-state index >= 15 is 0 Å². The lowest BCUT2D eigenvalue weighted by Gasteiger charge is -2.58. The number of primary amides is 1. The molecule has 1 aliphatic heterocycles. The molecule has 158 valence electrons. The smallest absolute Gasteiger partial charge is 0.267 e. The Kier molecular flexibility index (Phi) is 5.11. The Morgan fingerprint density at radius 1 is 1.10 bits per heavy atom. The van der Waals surface area contributed by atoms with Gasteiger partial charge in [0.15, 0.2) is 0 Å². The number of hydrogen-bond donors (Lipinski definition) is 1. The molecule has 1 saturated heterocycles. The summed E-state index contributed by atoms with van der Waals surface area (Å²) in [7, 11) is 1.83. The first-order chi connectivity index (χ1) is 14.6. The predicted molar refractivity (Wildman–Crippen MR) is 116 cm³/mol. The summed E-state index contributed by atoms with van der Waals surface area (Å²) >= 11 is 0. The fraction of sp³-hybridized carbons (Fsp3) is 0.520. The van der Waals surface area contributed by atoms with Crippen molar-refractivity contribution in [3.8, 4) is 0 Å². The van der Waals surface area contributed by atoms with Gasteiger partial charge in [-0.05, 0) is 54.9 Å². The number of nitrogens with zero attached hydrogens (tertiary/aromatic N) is 2. The molecule has 0 radical (unpaired) electrons. The molecular formula is C25H31N3O2. The van der Waals surface area contributed by atoms with Crippen molar-refractivity contribution in [2.75, 3.05) is 20.2 Å². The Bertz CT molecular complexity index is 902. The highest BCUT2D eigenvalue weighted by molar-refractivity contribution is 5.90. The molecule has 0 unspecified atom stereocenters. The number of carbonyl (C=O) groups is 1. The lowest BCUT2D eigenvalue weighted by atomic mass is 9.61. The normalized spacial score (nSPS) is 33.6. The number of methoxy groups -OCH3 is 1. The molecule has 3 aliphatic rings. The molecule has 2 N–H and O–H groups in total. The van der Waals surface area contributed by atoms with E-state index in [1.165, 1.54) is 24.8 Å². The average molecular weight is 406 g/mol. The second kappa shape index (κ2) is 7.78. The highest BCUT2D eigenvalue weighted by atomic mass is 16.5. The molecule has 1 aromatic carbocycles. The van der Waals surface area contributed by atoms with Crippen LogP contribution in [0.3, 0.4) is 0 Å². The van der Waals surface area contributed by atoms with Crippen molar-refractivity contribution in [3.05, 3.63) is 65.5 Å². The number of likely N-dealkylation sites (tertiary alicyclic amines) is 1. The molecule has 5 heteroatoms. The van der Waals surface area contributed by atoms with Gasteiger partial charge in [0.2, 0.25) is 0 Å². The van der Waals surface area contributed by atoms with Crippen LogP contribution in [0.15, 0.2) is 48.7 Å². The Morgan fingerprint density at radius 3 is 2.43 bits per heavy atom. The van der Waals surface area contributed by atoms with E-state index in [9.17, 15) is 4.79 Å². The van der Waals surface area contributed by atoms with Gasteiger partial charge in [-0.15, -0.1) is 0 Å². The number of nitrogens with two attached hydrogens (primary N) is 1. The molecule has 2 bridgehead atoms. The standard InChI is InChI=1S/C25H31N3O2/c1-30-25(18-12-13-27-22(14-18)24(26)29)19-8-5-9-20(25)16-28(15-19)23-11-10-21(23)17-6-3-2-4-7-17/h2-4,6-7,12-14,19-21,23H,5,8-11,15-16H2,1H3,(H2,26,29)/t19-,20+,21-,23+,25+/m1/s1. The summed E-state index contributed by atoms with van der Waals surface area (Å²) in [5.74, 6) is 0.987. The molecule has 5 atom stereocenters. The Hall–Kier alpha value is -2.24. The summed E-state index contributed by atoms with van der Waals surface area (Å²) in [6, 6.07) is 15.5. The summed E-state index contributed by atoms with van der Waals surface area (Å²) in [5.41, 5.74) is 8.03. The van der Waals surface area contributed by atoms with Crippen LogP contribution < -0.4 is 5.73 Å². The van der Waals surface area contributed by atoms with Crippen molar-refractivity contribution >= 4 is 5.91 Å². The minimum absolute atomic E-state index is 0.326. The number of hydrogen-bond acceptors (Lipinski definition) is 4. The predicted octanol–water partition coefficient (Wildman–Crippen LogP) is 3.70. The number of rotatable bonds is 5. The van der Waals surface area contributed by atoms with Crippen LogP contribution in [0.5, 0.6) is 0 Å². The first-order valence-electron chi connectivity index (χ1n) is 11.2. The number of benzene rings is 1. The van der Waals surface area contributed by atoms with Crippen molar-refractivity contribution in [1.29, 1.82) is 0 Å². The third kappa shape index (κ3) is 3.07. The molecule has 0 spiro atoms. The number of carbonyl (C=O) groups excluding carboxylic acids is 1. The maximum atomic E-state index is 11.7. The van der Waals surface area contributed by atoms with Gasteiger partial charge in [0.25, 0.3) is 5.91 Å². The first-order valence-corrected chi connectivity index (χ1v) is 11.2. The van der Waals surface area contributed by atoms with Gasteiger partial charge in [0, 0.05) is 44.3 Å². The van der Waals surface area contributed by atoms with Gasteiger partial charge < -0.3 is 10.5 Å². The molecule has 3 fully saturated rings. The number of aromatic nitrogens is 1. The minimum Gasteiger partial charge on any atom is -0.373 e. The summed E-state index contributed by atoms with van der Waals surface area (Å²) in [6.45, 7) is 2.10. The molecule has 2 heterocycles. The average Bonchev–Trinajstić information content (AvgIpc) is 2.73. The SMILES string of the molecule is CO[C@@]1(c2ccnc(C(N)=O)c2)[C@@H]2CCC[C@H]1CN([C@H]1CC[C@@H]1c1ccccc1)C2. The molecule has 2 saturated carbocycles. The number of piperidine rings is 1. The molecule has 30 heavy (non-hydrogen) atoms. The molecule has 1 aromatic heterocycles. The van der Waals surface area contributed by atoms with Gasteiger partial charge in [-0.1, -0.05) is 36.8 Å². The van der Waals surface area contributed by atoms with E-state index in [0.717, 1.165) is 31.5 Å². The Balaban J connectivity index is 1.44. The molecular weight excluding hydrogens is 374 g/mol. The van der Waals surface area contributed by atoms with E-state index in [-0.39, 0.29) is 5.60 Å². The molecule has 2 aliphatic carbocycles. The number of pyridine rings is 1. The lowest BCUT2D eigenvalue weighted by molar-refractivity contribution is -0.179. The van der Waals surface area contributed by atoms with Crippen LogP contribution in [0.2, 0.25) is 0 Å². The monoisotopic (exact) mass is 405 g/mol. The van der Waals surface area contributed by atoms with E-state index in [1.54, 1.807) is 6.20 Å². The van der Waals surface area contributed by atoms with Crippen molar-refractivity contribution in [2.24, 2.45) is 17.6 Å². The van der Waals surface area contributed by atoms with Gasteiger partial charge in [-0.2, -0.15) is 0 Å². The van der Waals surface area contributed by atoms with Crippen molar-refractivity contribution in [3.63, 3.8) is 0 Å². The maximum absolute atomic E-state index is 11.7. The van der Waals surface area contributed by atoms with Gasteiger partial charge in [-0.3, -0.25) is 14.7 Å². The van der Waals surface area contributed by atoms with Crippen molar-refractivity contribution in [2.45, 2.75) is 49.7 Å². The molecule has 2 aromatic rings. The van der Waals surface area contributed by atoms with Gasteiger partial charge in [-0.25, -0.2) is 0 Å². The van der Waals surface area contributed by atoms with Crippen molar-refractivity contribution < 1.29 is 9.53 Å². The zero-order valence-electron chi connectivity index (χ0n) is 17.7. The fourth-order valence-corrected chi connectivity index (χ4v) is 6.48. The molecule has 1 amide bonds. The van der Waals surface area contributed by atoms with Crippen molar-refractivity contribution in [1.82, 2.24) is 9.88 Å². The van der Waals surface area contributed by atoms with Crippen LogP contribution in [0.4, 0.5) is 0 Å². The van der Waals surface area contributed by atoms with E-state index in [2.05, 4.69) is 40.2 Å². The zero-order chi connectivity index (χ0) is 20.7. The highest BCUT2D eigenvalue weighted by Gasteiger charge is 2.55. The van der Waals surface area contributed by atoms with E-state index in [4.69, 9.17) is 10.5 Å². The van der Waals surface area contributed by atoms with Crippen LogP contribution >= 0.6 is 0 Å². The number of amides is 1. The Labute approximate surface area is 178 Å². The van der Waals surface area contributed by atoms with Gasteiger partial charge in [0.05, 0.1) is 0 Å². The summed E-state index contributed by atoms with van der Waals surface area (Å²) < 4.78 is 6.35. The summed E-state index contributed by atoms with van der Waals surface area (Å²) in [6.07, 6.45) is 7.81. The minimum atomic E-state index is -0.481. The number of fused-ring (bicyclic) bond motifs is 2. The second-order valence-electron chi connectivity index (χ2n) is 9.23. The fourth-order valence-electron chi connectivity index (χ4n) is 6.48. The van der Waals surface area contributed by atoms with E-state index in [1.807, 2.05) is 19.2 Å². The van der Waals surface area contributed by atoms with Crippen LogP contribution in [0.1, 0.15) is 59.6 Å². The van der Waals surface area contributed by atoms with Gasteiger partial charge >= 0.3 is 0 Å². The van der Waals surface area contributed by atoms with E-state index in [0.29, 0.717) is 29.5 Å². The van der Waals surface area contributed by atoms with E-state index < -0.39 is 5.91 Å². The quantitative estimate of drug-likeness (QED) is 0.824. The van der Waals surface area contributed by atoms with Crippen LogP contribution in [0, 0.1) is 11.8 Å². The second-order valence-corrected chi connectivity index (χ2v) is 9.23. The third-order valence-electron chi connectivity index (χ3n) is 7.96. The van der Waals surface area contributed by atoms with Crippen LogP contribution in [-0.4, -0.2) is 42.0 Å². The lowest BCUT2D eigenvalue weighted by Crippen LogP contribution is -2.62. The van der Waals surface area contributed by atoms with Crippen LogP contribution in [-0.2, 0) is 10.3 Å². The van der Waals surface area contributed by atoms with Gasteiger partial charge in [0.1, 0.15) is 11.3 Å². The third-order valence-corrected chi connectivity index (χ3v) is 7.96. The number of ether oxygens (including phenoxy) is 1. The zero-order valence-corrected chi connectivity index (χ0v) is 17.7. The summed E-state index contributed by atoms with van der Waals surface area (Å²) in [4.78, 5) is 18.6. The summed E-state index contributed by atoms with van der Waals surface area (Å²) in [5, 5.41) is 0. The first kappa shape index (κ1) is 19.7. The molecule has 5 nitrogen and oxygen atoms in total. The highest BCUT2D eigenvalue weighted by Crippen LogP contribution is 2.53. The van der Waals surface area contributed by atoms with Crippen LogP contribution in [0.25, 0.3) is 0 Å². The largest absolute Gasteiger partial charge is 0.373 e. The Morgan fingerprint density at radius 2 is 1.83 bits per heavy atom. The maximum Gasteiger partial charge on any atom is 0.267 e. The molecule has 5 rings (SSSR count).